The lowest BCUT2D eigenvalue weighted by molar-refractivity contribution is -0.284. The summed E-state index contributed by atoms with van der Waals surface area (Å²) in [5, 5.41) is 10.5. The van der Waals surface area contributed by atoms with Crippen LogP contribution in [-0.2, 0) is 21.1 Å². The molecule has 3 aliphatic carbocycles. The Morgan fingerprint density at radius 1 is 0.935 bits per heavy atom. The molecule has 1 aromatic rings. The third-order valence-corrected chi connectivity index (χ3v) is 13.2. The lowest BCUT2D eigenvalue weighted by atomic mass is 9.54. The summed E-state index contributed by atoms with van der Waals surface area (Å²) < 4.78 is 92.3. The molecule has 0 aliphatic heterocycles. The Morgan fingerprint density at radius 2 is 1.59 bits per heavy atom. The summed E-state index contributed by atoms with van der Waals surface area (Å²) in [6.07, 6.45) is 6.86. The second kappa shape index (κ2) is 15.1. The quantitative estimate of drug-likeness (QED) is 0.0815. The van der Waals surface area contributed by atoms with E-state index in [1.807, 2.05) is 6.07 Å². The summed E-state index contributed by atoms with van der Waals surface area (Å²) in [6.45, 7) is 4.24. The maximum atomic E-state index is 13.0. The van der Waals surface area contributed by atoms with Crippen LogP contribution in [0.25, 0.3) is 0 Å². The molecule has 3 aliphatic rings. The number of carbonyl (C=O) groups excluding carboxylic acids is 1. The number of carbonyl (C=O) groups is 1. The van der Waals surface area contributed by atoms with E-state index in [2.05, 4.69) is 6.92 Å². The fraction of sp³-hybridized carbons (Fsp3) is 0.800. The van der Waals surface area contributed by atoms with Gasteiger partial charge in [0.2, 0.25) is 0 Å². The lowest BCUT2D eigenvalue weighted by Crippen LogP contribution is -2.42. The van der Waals surface area contributed by atoms with Gasteiger partial charge in [-0.2, -0.15) is 22.0 Å². The van der Waals surface area contributed by atoms with Gasteiger partial charge in [0.1, 0.15) is 9.84 Å². The SMILES string of the molecule is CCC(=O)Oc1cc2c(cc1O)CC[C@@H]1C2CC[C@]2(C)C(CCCCCCCCCS(=O)(=O)CCCC(F)(F)C(F)(F)F)CC[C@@H]12. The van der Waals surface area contributed by atoms with Gasteiger partial charge in [-0.25, -0.2) is 8.42 Å². The van der Waals surface area contributed by atoms with Crippen molar-refractivity contribution in [2.45, 2.75) is 141 Å². The molecule has 1 aromatic carbocycles. The van der Waals surface area contributed by atoms with Crippen molar-refractivity contribution >= 4 is 15.8 Å². The van der Waals surface area contributed by atoms with Crippen LogP contribution in [0.15, 0.2) is 12.1 Å². The van der Waals surface area contributed by atoms with Crippen molar-refractivity contribution in [1.29, 1.82) is 0 Å². The number of fused-ring (bicyclic) bond motifs is 5. The molecular formula is C35H51F5O5S. The Morgan fingerprint density at radius 3 is 2.26 bits per heavy atom. The highest BCUT2D eigenvalue weighted by molar-refractivity contribution is 7.91. The number of phenols is 1. The van der Waals surface area contributed by atoms with Gasteiger partial charge in [0.15, 0.2) is 11.5 Å². The Labute approximate surface area is 271 Å². The van der Waals surface area contributed by atoms with E-state index in [0.717, 1.165) is 44.9 Å². The number of benzene rings is 1. The first-order valence-corrected chi connectivity index (χ1v) is 19.1. The number of hydrogen-bond donors (Lipinski definition) is 1. The second-order valence-corrected chi connectivity index (χ2v) is 16.6. The van der Waals surface area contributed by atoms with Crippen molar-refractivity contribution in [2.75, 3.05) is 11.5 Å². The Balaban J connectivity index is 1.14. The fourth-order valence-corrected chi connectivity index (χ4v) is 10.2. The van der Waals surface area contributed by atoms with E-state index in [9.17, 15) is 40.3 Å². The fourth-order valence-electron chi connectivity index (χ4n) is 8.80. The molecule has 11 heteroatoms. The first-order chi connectivity index (χ1) is 21.6. The topological polar surface area (TPSA) is 80.7 Å². The van der Waals surface area contributed by atoms with E-state index < -0.39 is 40.5 Å². The van der Waals surface area contributed by atoms with Crippen molar-refractivity contribution in [3.05, 3.63) is 23.3 Å². The highest BCUT2D eigenvalue weighted by Crippen LogP contribution is 2.64. The predicted octanol–water partition coefficient (Wildman–Crippen LogP) is 9.69. The molecule has 0 amide bonds. The van der Waals surface area contributed by atoms with Crippen LogP contribution in [0, 0.1) is 23.2 Å². The third kappa shape index (κ3) is 8.76. The number of phenolic OH excluding ortho intramolecular Hbond substituents is 1. The minimum atomic E-state index is -5.65. The summed E-state index contributed by atoms with van der Waals surface area (Å²) in [6, 6.07) is 3.73. The van der Waals surface area contributed by atoms with Crippen molar-refractivity contribution in [3.63, 3.8) is 0 Å². The molecule has 0 spiro atoms. The lowest BCUT2D eigenvalue weighted by Gasteiger charge is -2.51. The second-order valence-electron chi connectivity index (χ2n) is 14.3. The Bertz CT molecular complexity index is 1300. The zero-order valence-electron chi connectivity index (χ0n) is 27.3. The Kier molecular flexibility index (Phi) is 12.1. The number of halogens is 5. The summed E-state index contributed by atoms with van der Waals surface area (Å²) in [7, 11) is -3.64. The van der Waals surface area contributed by atoms with Gasteiger partial charge in [-0.15, -0.1) is 0 Å². The van der Waals surface area contributed by atoms with E-state index in [1.165, 1.54) is 43.2 Å². The summed E-state index contributed by atoms with van der Waals surface area (Å²) in [5.74, 6) is -3.25. The zero-order chi connectivity index (χ0) is 33.8. The van der Waals surface area contributed by atoms with E-state index >= 15 is 0 Å². The highest BCUT2D eigenvalue weighted by atomic mass is 32.2. The standard InChI is InChI=1S/C35H51F5O5S/c1-3-32(42)45-31-23-28-24(22-30(31)41)13-15-27-26(28)17-19-33(2)25(14-16-29(27)33)12-9-7-5-4-6-8-10-20-46(43,44)21-11-18-34(36,37)35(38,39)40/h22-23,25-27,29,41H,3-21H2,1-2H3/t25?,26?,27-,29+,33-/m1/s1. The number of esters is 1. The molecule has 4 rings (SSSR count). The molecule has 0 radical (unpaired) electrons. The molecule has 46 heavy (non-hydrogen) atoms. The molecule has 2 fully saturated rings. The molecule has 5 nitrogen and oxygen atoms in total. The van der Waals surface area contributed by atoms with Crippen LogP contribution in [0.4, 0.5) is 22.0 Å². The number of hydrogen-bond acceptors (Lipinski definition) is 5. The smallest absolute Gasteiger partial charge is 0.453 e. The normalized spacial score (nSPS) is 26.3. The van der Waals surface area contributed by atoms with Gasteiger partial charge >= 0.3 is 18.1 Å². The number of aryl methyl sites for hydroxylation is 1. The average Bonchev–Trinajstić information content (AvgIpc) is 3.31. The van der Waals surface area contributed by atoms with E-state index in [0.29, 0.717) is 41.9 Å². The number of rotatable bonds is 16. The molecule has 0 aromatic heterocycles. The van der Waals surface area contributed by atoms with Crippen LogP contribution in [0.5, 0.6) is 11.5 Å². The van der Waals surface area contributed by atoms with Gasteiger partial charge in [-0.1, -0.05) is 52.4 Å². The van der Waals surface area contributed by atoms with Gasteiger partial charge < -0.3 is 9.84 Å². The van der Waals surface area contributed by atoms with Gasteiger partial charge in [-0.05, 0) is 110 Å². The highest BCUT2D eigenvalue weighted by Gasteiger charge is 2.57. The number of ether oxygens (including phenoxy) is 1. The van der Waals surface area contributed by atoms with Gasteiger partial charge in [-0.3, -0.25) is 4.79 Å². The largest absolute Gasteiger partial charge is 0.504 e. The van der Waals surface area contributed by atoms with Crippen LogP contribution >= 0.6 is 0 Å². The summed E-state index contributed by atoms with van der Waals surface area (Å²) >= 11 is 0. The number of aromatic hydroxyl groups is 1. The minimum absolute atomic E-state index is 0.0432. The Hall–Kier alpha value is -1.91. The van der Waals surface area contributed by atoms with Crippen molar-refractivity contribution in [2.24, 2.45) is 23.2 Å². The molecule has 0 saturated heterocycles. The molecular weight excluding hydrogens is 627 g/mol. The van der Waals surface area contributed by atoms with Crippen LogP contribution in [0.2, 0.25) is 0 Å². The number of alkyl halides is 5. The molecule has 5 atom stereocenters. The number of unbranched alkanes of at least 4 members (excludes halogenated alkanes) is 6. The van der Waals surface area contributed by atoms with Crippen molar-refractivity contribution < 1.29 is 45.0 Å². The average molecular weight is 679 g/mol. The van der Waals surface area contributed by atoms with E-state index in [1.54, 1.807) is 13.0 Å². The van der Waals surface area contributed by atoms with Crippen LogP contribution in [-0.4, -0.2) is 43.1 Å². The molecule has 0 bridgehead atoms. The van der Waals surface area contributed by atoms with Crippen molar-refractivity contribution in [1.82, 2.24) is 0 Å². The van der Waals surface area contributed by atoms with Crippen LogP contribution in [0.1, 0.15) is 134 Å². The van der Waals surface area contributed by atoms with Gasteiger partial charge in [0, 0.05) is 12.8 Å². The zero-order valence-corrected chi connectivity index (χ0v) is 28.1. The maximum absolute atomic E-state index is 13.0. The maximum Gasteiger partial charge on any atom is 0.453 e. The summed E-state index contributed by atoms with van der Waals surface area (Å²) in [5.41, 5.74) is 2.77. The molecule has 2 saturated carbocycles. The van der Waals surface area contributed by atoms with Gasteiger partial charge in [0.05, 0.1) is 11.5 Å². The summed E-state index contributed by atoms with van der Waals surface area (Å²) in [4.78, 5) is 11.9. The number of sulfone groups is 1. The molecule has 0 heterocycles. The van der Waals surface area contributed by atoms with Crippen LogP contribution < -0.4 is 4.74 Å². The monoisotopic (exact) mass is 678 g/mol. The first kappa shape index (κ1) is 36.9. The molecule has 262 valence electrons. The third-order valence-electron chi connectivity index (χ3n) is 11.4. The van der Waals surface area contributed by atoms with E-state index in [4.69, 9.17) is 4.74 Å². The van der Waals surface area contributed by atoms with E-state index in [-0.39, 0.29) is 29.6 Å². The van der Waals surface area contributed by atoms with Crippen molar-refractivity contribution in [3.8, 4) is 11.5 Å². The molecule has 2 unspecified atom stereocenters. The first-order valence-electron chi connectivity index (χ1n) is 17.3. The van der Waals surface area contributed by atoms with Crippen LogP contribution in [0.3, 0.4) is 0 Å². The molecule has 1 N–H and O–H groups in total. The van der Waals surface area contributed by atoms with Gasteiger partial charge in [0.25, 0.3) is 0 Å². The predicted molar refractivity (Wildman–Crippen MR) is 168 cm³/mol. The minimum Gasteiger partial charge on any atom is -0.504 e.